The van der Waals surface area contributed by atoms with E-state index >= 15 is 0 Å². The normalized spacial score (nSPS) is 29.2. The predicted octanol–water partition coefficient (Wildman–Crippen LogP) is 0.201. The lowest BCUT2D eigenvalue weighted by Crippen LogP contribution is -2.54. The molecule has 0 N–H and O–H groups in total. The van der Waals surface area contributed by atoms with Crippen molar-refractivity contribution >= 4 is 21.7 Å². The molecule has 2 unspecified atom stereocenters. The number of carbonyl (C=O) groups is 2. The first-order chi connectivity index (χ1) is 15.9. The molecule has 4 saturated heterocycles. The smallest absolute Gasteiger partial charge is 0.237 e. The van der Waals surface area contributed by atoms with Gasteiger partial charge in [0.25, 0.3) is 0 Å². The van der Waals surface area contributed by atoms with Gasteiger partial charge in [0.2, 0.25) is 11.8 Å². The minimum atomic E-state index is -3.06. The number of carbonyl (C=O) groups excluding carboxylic acids is 2. The number of nitrogens with zero attached hydrogens (tertiary/aromatic N) is 4. The summed E-state index contributed by atoms with van der Waals surface area (Å²) in [6.07, 6.45) is 7.09. The summed E-state index contributed by atoms with van der Waals surface area (Å²) in [5.74, 6) is 0.461. The molecule has 10 heteroatoms. The summed E-state index contributed by atoms with van der Waals surface area (Å²) in [7, 11) is -3.06. The zero-order valence-corrected chi connectivity index (χ0v) is 20.6. The van der Waals surface area contributed by atoms with Crippen LogP contribution >= 0.6 is 0 Å². The molecule has 0 aromatic rings. The monoisotopic (exact) mass is 484 g/mol. The first-order valence-electron chi connectivity index (χ1n) is 12.7. The number of amides is 2. The van der Waals surface area contributed by atoms with E-state index < -0.39 is 9.84 Å². The summed E-state index contributed by atoms with van der Waals surface area (Å²) < 4.78 is 29.8. The average molecular weight is 485 g/mol. The van der Waals surface area contributed by atoms with Crippen molar-refractivity contribution in [1.82, 2.24) is 19.6 Å². The van der Waals surface area contributed by atoms with Crippen molar-refractivity contribution in [1.29, 1.82) is 0 Å². The zero-order chi connectivity index (χ0) is 23.3. The number of hydrogen-bond acceptors (Lipinski definition) is 7. The third kappa shape index (κ3) is 7.13. The topological polar surface area (TPSA) is 90.5 Å². The number of rotatable bonds is 7. The Bertz CT molecular complexity index is 770. The quantitative estimate of drug-likeness (QED) is 0.510. The molecule has 0 aliphatic carbocycles. The average Bonchev–Trinajstić information content (AvgIpc) is 3.33. The lowest BCUT2D eigenvalue weighted by molar-refractivity contribution is -0.137. The van der Waals surface area contributed by atoms with Crippen LogP contribution in [-0.4, -0.2) is 129 Å². The van der Waals surface area contributed by atoms with Crippen LogP contribution in [0.2, 0.25) is 0 Å². The van der Waals surface area contributed by atoms with Gasteiger partial charge in [-0.25, -0.2) is 8.42 Å². The minimum absolute atomic E-state index is 0.00157. The summed E-state index contributed by atoms with van der Waals surface area (Å²) in [6.45, 7) is 6.77. The summed E-state index contributed by atoms with van der Waals surface area (Å²) in [6, 6.07) is -0.237. The SMILES string of the molecule is O=C(CN1CCN(CC(=O)N(CC2CCCO2)C2CCS(=O)(=O)C2)CC1)N1CCCCCC1. The van der Waals surface area contributed by atoms with E-state index in [1.54, 1.807) is 4.90 Å². The molecule has 33 heavy (non-hydrogen) atoms. The molecule has 2 atom stereocenters. The molecule has 4 aliphatic heterocycles. The number of ether oxygens (including phenoxy) is 1. The molecule has 0 saturated carbocycles. The fourth-order valence-corrected chi connectivity index (χ4v) is 7.21. The fourth-order valence-electron chi connectivity index (χ4n) is 5.48. The van der Waals surface area contributed by atoms with Crippen LogP contribution in [0.4, 0.5) is 0 Å². The van der Waals surface area contributed by atoms with Crippen LogP contribution in [0.15, 0.2) is 0 Å². The Morgan fingerprint density at radius 3 is 2.09 bits per heavy atom. The largest absolute Gasteiger partial charge is 0.376 e. The van der Waals surface area contributed by atoms with E-state index in [0.29, 0.717) is 32.7 Å². The van der Waals surface area contributed by atoms with Gasteiger partial charge in [0.05, 0.1) is 30.7 Å². The van der Waals surface area contributed by atoms with Gasteiger partial charge in [-0.2, -0.15) is 0 Å². The van der Waals surface area contributed by atoms with Crippen LogP contribution < -0.4 is 0 Å². The minimum Gasteiger partial charge on any atom is -0.376 e. The highest BCUT2D eigenvalue weighted by Crippen LogP contribution is 2.22. The molecule has 4 aliphatic rings. The lowest BCUT2D eigenvalue weighted by atomic mass is 10.1. The first-order valence-corrected chi connectivity index (χ1v) is 14.6. The Balaban J connectivity index is 1.26. The Labute approximate surface area is 198 Å². The fraction of sp³-hybridized carbons (Fsp3) is 0.913. The molecule has 0 aromatic carbocycles. The maximum Gasteiger partial charge on any atom is 0.237 e. The molecule has 188 valence electrons. The van der Waals surface area contributed by atoms with E-state index in [1.165, 1.54) is 12.8 Å². The number of likely N-dealkylation sites (tertiary alicyclic amines) is 1. The van der Waals surface area contributed by atoms with Crippen LogP contribution in [-0.2, 0) is 24.2 Å². The van der Waals surface area contributed by atoms with Crippen LogP contribution in [0.25, 0.3) is 0 Å². The highest BCUT2D eigenvalue weighted by molar-refractivity contribution is 7.91. The van der Waals surface area contributed by atoms with Crippen LogP contribution in [0.1, 0.15) is 44.9 Å². The molecule has 4 heterocycles. The maximum atomic E-state index is 13.3. The summed E-state index contributed by atoms with van der Waals surface area (Å²) in [5.41, 5.74) is 0. The maximum absolute atomic E-state index is 13.3. The van der Waals surface area contributed by atoms with Gasteiger partial charge in [0, 0.05) is 58.5 Å². The molecule has 0 spiro atoms. The van der Waals surface area contributed by atoms with Crippen LogP contribution in [0.3, 0.4) is 0 Å². The van der Waals surface area contributed by atoms with E-state index in [-0.39, 0.29) is 35.5 Å². The Morgan fingerprint density at radius 2 is 1.52 bits per heavy atom. The predicted molar refractivity (Wildman–Crippen MR) is 126 cm³/mol. The number of piperazine rings is 1. The summed E-state index contributed by atoms with van der Waals surface area (Å²) >= 11 is 0. The van der Waals surface area contributed by atoms with Gasteiger partial charge in [0.15, 0.2) is 9.84 Å². The van der Waals surface area contributed by atoms with E-state index in [0.717, 1.165) is 65.0 Å². The molecule has 9 nitrogen and oxygen atoms in total. The van der Waals surface area contributed by atoms with Gasteiger partial charge in [-0.3, -0.25) is 19.4 Å². The highest BCUT2D eigenvalue weighted by atomic mass is 32.2. The summed E-state index contributed by atoms with van der Waals surface area (Å²) in [4.78, 5) is 34.1. The standard InChI is InChI=1S/C23H40N4O5S/c28-22(26-8-3-1-2-4-9-26)17-24-10-12-25(13-11-24)18-23(29)27(16-21-6-5-14-32-21)20-7-15-33(30,31)19-20/h20-21H,1-19H2. The van der Waals surface area contributed by atoms with Crippen LogP contribution in [0, 0.1) is 0 Å². The van der Waals surface area contributed by atoms with E-state index in [9.17, 15) is 18.0 Å². The number of hydrogen-bond donors (Lipinski definition) is 0. The molecule has 4 fully saturated rings. The first kappa shape index (κ1) is 24.9. The van der Waals surface area contributed by atoms with E-state index in [4.69, 9.17) is 4.74 Å². The second-order valence-corrected chi connectivity index (χ2v) is 12.3. The van der Waals surface area contributed by atoms with Gasteiger partial charge in [0.1, 0.15) is 0 Å². The van der Waals surface area contributed by atoms with Gasteiger partial charge in [-0.1, -0.05) is 12.8 Å². The highest BCUT2D eigenvalue weighted by Gasteiger charge is 2.37. The van der Waals surface area contributed by atoms with Gasteiger partial charge in [-0.05, 0) is 32.1 Å². The molecular weight excluding hydrogens is 444 g/mol. The van der Waals surface area contributed by atoms with E-state index in [2.05, 4.69) is 9.80 Å². The Kier molecular flexibility index (Phi) is 8.64. The molecule has 4 rings (SSSR count). The van der Waals surface area contributed by atoms with Crippen molar-refractivity contribution in [3.8, 4) is 0 Å². The van der Waals surface area contributed by atoms with Crippen LogP contribution in [0.5, 0.6) is 0 Å². The molecule has 0 radical (unpaired) electrons. The van der Waals surface area contributed by atoms with Gasteiger partial charge >= 0.3 is 0 Å². The second kappa shape index (κ2) is 11.5. The third-order valence-corrected chi connectivity index (χ3v) is 9.29. The third-order valence-electron chi connectivity index (χ3n) is 7.54. The molecular formula is C23H40N4O5S. The second-order valence-electron chi connectivity index (χ2n) is 10.1. The van der Waals surface area contributed by atoms with E-state index in [1.807, 2.05) is 4.90 Å². The molecule has 0 bridgehead atoms. The molecule has 0 aromatic heterocycles. The lowest BCUT2D eigenvalue weighted by Gasteiger charge is -2.37. The van der Waals surface area contributed by atoms with Crippen molar-refractivity contribution < 1.29 is 22.7 Å². The zero-order valence-electron chi connectivity index (χ0n) is 19.8. The van der Waals surface area contributed by atoms with Crippen molar-refractivity contribution in [3.05, 3.63) is 0 Å². The Hall–Kier alpha value is -1.23. The number of sulfone groups is 1. The molecule has 2 amide bonds. The Morgan fingerprint density at radius 1 is 0.848 bits per heavy atom. The van der Waals surface area contributed by atoms with Gasteiger partial charge < -0.3 is 14.5 Å². The summed E-state index contributed by atoms with van der Waals surface area (Å²) in [5, 5.41) is 0. The van der Waals surface area contributed by atoms with Gasteiger partial charge in [-0.15, -0.1) is 0 Å². The van der Waals surface area contributed by atoms with Crippen molar-refractivity contribution in [2.45, 2.75) is 57.1 Å². The van der Waals surface area contributed by atoms with Crippen molar-refractivity contribution in [3.63, 3.8) is 0 Å². The van der Waals surface area contributed by atoms with Crippen molar-refractivity contribution in [2.75, 3.05) is 77.0 Å². The van der Waals surface area contributed by atoms with Crippen molar-refractivity contribution in [2.24, 2.45) is 0 Å².